The molecule has 6 aromatic carbocycles. The fourth-order valence-electron chi connectivity index (χ4n) is 12.3. The van der Waals surface area contributed by atoms with Gasteiger partial charge in [-0.2, -0.15) is 5.26 Å². The fourth-order valence-corrected chi connectivity index (χ4v) is 12.3. The average Bonchev–Trinajstić information content (AvgIpc) is 1.79. The molecule has 0 aliphatic carbocycles. The topological polar surface area (TPSA) is 287 Å². The highest BCUT2D eigenvalue weighted by molar-refractivity contribution is 5.77. The van der Waals surface area contributed by atoms with Crippen molar-refractivity contribution < 1.29 is 62.9 Å². The number of hydrogen-bond donors (Lipinski definition) is 5. The van der Waals surface area contributed by atoms with Gasteiger partial charge in [-0.05, 0) is 193 Å². The zero-order valence-electron chi connectivity index (χ0n) is 64.6. The molecule has 0 bridgehead atoms. The minimum Gasteiger partial charge on any atom is -0.472 e. The first-order valence-corrected chi connectivity index (χ1v) is 36.8. The lowest BCUT2D eigenvalue weighted by molar-refractivity contribution is -0.0294. The van der Waals surface area contributed by atoms with E-state index in [9.17, 15) is 29.7 Å². The van der Waals surface area contributed by atoms with Gasteiger partial charge < -0.3 is 74.2 Å². The molecule has 3 saturated heterocycles. The molecule has 12 rings (SSSR count). The van der Waals surface area contributed by atoms with E-state index in [1.54, 1.807) is 41.5 Å². The van der Waals surface area contributed by atoms with Crippen LogP contribution in [0.15, 0.2) is 182 Å². The lowest BCUT2D eigenvalue weighted by atomic mass is 10.0. The third kappa shape index (κ3) is 25.5. The van der Waals surface area contributed by atoms with Gasteiger partial charge in [0, 0.05) is 123 Å². The van der Waals surface area contributed by atoms with Gasteiger partial charge >= 0.3 is 18.4 Å². The van der Waals surface area contributed by atoms with E-state index in [-0.39, 0.29) is 38.1 Å². The number of aryl methyl sites for hydroxylation is 3. The highest BCUT2D eigenvalue weighted by Crippen LogP contribution is 2.35. The fraction of sp³-hybridized carbons (Fsp3) is 0.368. The Morgan fingerprint density at radius 2 is 0.780 bits per heavy atom. The van der Waals surface area contributed by atoms with Crippen LogP contribution in [0.1, 0.15) is 132 Å². The van der Waals surface area contributed by atoms with Gasteiger partial charge in [0.15, 0.2) is 0 Å². The van der Waals surface area contributed by atoms with E-state index in [4.69, 9.17) is 39.4 Å². The quantitative estimate of drug-likeness (QED) is 0.0303. The Morgan fingerprint density at radius 3 is 1.07 bits per heavy atom. The number of nitrogens with zero attached hydrogens (tertiary/aromatic N) is 7. The van der Waals surface area contributed by atoms with Crippen molar-refractivity contribution in [1.82, 2.24) is 20.3 Å². The van der Waals surface area contributed by atoms with Crippen molar-refractivity contribution in [3.8, 4) is 57.1 Å². The minimum absolute atomic E-state index is 0.00555. The number of nitrogens with two attached hydrogens (primary N) is 1. The highest BCUT2D eigenvalue weighted by atomic mass is 16.8. The summed E-state index contributed by atoms with van der Waals surface area (Å²) in [5.74, 6) is 1.97. The smallest absolute Gasteiger partial charge is 0.472 e. The molecule has 0 saturated carbocycles. The molecule has 0 unspecified atom stereocenters. The summed E-state index contributed by atoms with van der Waals surface area (Å²) in [6.07, 6.45) is 5.89. The summed E-state index contributed by atoms with van der Waals surface area (Å²) in [6.45, 7) is 27.4. The Morgan fingerprint density at radius 1 is 0.459 bits per heavy atom. The Bertz CT molecular complexity index is 4450. The molecule has 6 heterocycles. The summed E-state index contributed by atoms with van der Waals surface area (Å²) < 4.78 is 37.2. The molecule has 1 amide bonds. The van der Waals surface area contributed by atoms with E-state index in [0.717, 1.165) is 153 Å². The SMILES string of the molecule is CC(C)(C)OC(=O)OC(=O)OC(C)(C)C.Cc1ccc(O[C@H]2CCN(c3ccc(-c4ccc(C#N)cc4)cc3CO)C2)nc1.Cc1ccc(O[C@H]2CCN(c3ccc(-c4ccc(CN)cc4)cc3CO)C2)nc1.Cc1ccc(O[C@H]2CCN(c3ccc(-c4ccc(CNC(=O)OC(C)(C)C)cc4)cc3CO)C2)nc1. The van der Waals surface area contributed by atoms with Crippen LogP contribution >= 0.6 is 0 Å². The van der Waals surface area contributed by atoms with Crippen LogP contribution in [0.5, 0.6) is 17.6 Å². The molecule has 3 aliphatic heterocycles. The van der Waals surface area contributed by atoms with Crippen molar-refractivity contribution >= 4 is 35.5 Å². The monoisotopic (exact) mass is 1480 g/mol. The molecule has 3 atom stereocenters. The zero-order chi connectivity index (χ0) is 78.4. The highest BCUT2D eigenvalue weighted by Gasteiger charge is 2.30. The molecule has 0 radical (unpaired) electrons. The maximum Gasteiger partial charge on any atom is 0.519 e. The molecule has 3 fully saturated rings. The lowest BCUT2D eigenvalue weighted by Gasteiger charge is -2.22. The molecular formula is C87H103N9O13. The Balaban J connectivity index is 0.000000174. The van der Waals surface area contributed by atoms with Crippen molar-refractivity contribution in [2.75, 3.05) is 54.0 Å². The predicted octanol–water partition coefficient (Wildman–Crippen LogP) is 15.8. The summed E-state index contributed by atoms with van der Waals surface area (Å²) in [6, 6.07) is 56.3. The number of aliphatic hydroxyl groups excluding tert-OH is 3. The Hall–Kier alpha value is -11.1. The van der Waals surface area contributed by atoms with Crippen LogP contribution in [0.4, 0.5) is 31.4 Å². The number of hydrogen-bond acceptors (Lipinski definition) is 21. The number of nitrogens with one attached hydrogen (secondary N) is 1. The second kappa shape index (κ2) is 38.1. The van der Waals surface area contributed by atoms with E-state index in [1.807, 2.05) is 169 Å². The summed E-state index contributed by atoms with van der Waals surface area (Å²) in [5.41, 5.74) is 22.0. The van der Waals surface area contributed by atoms with Gasteiger partial charge in [0.2, 0.25) is 17.6 Å². The van der Waals surface area contributed by atoms with Crippen LogP contribution in [0.25, 0.3) is 33.4 Å². The van der Waals surface area contributed by atoms with Gasteiger partial charge in [-0.3, -0.25) is 0 Å². The number of carbonyl (C=O) groups is 3. The maximum absolute atomic E-state index is 11.9. The molecule has 9 aromatic rings. The number of pyridine rings is 3. The van der Waals surface area contributed by atoms with Crippen LogP contribution in [-0.2, 0) is 51.9 Å². The van der Waals surface area contributed by atoms with E-state index >= 15 is 0 Å². The van der Waals surface area contributed by atoms with Gasteiger partial charge in [0.1, 0.15) is 35.1 Å². The molecule has 22 heteroatoms. The van der Waals surface area contributed by atoms with Crippen LogP contribution < -0.4 is 40.0 Å². The van der Waals surface area contributed by atoms with Crippen molar-refractivity contribution in [2.45, 2.75) is 170 Å². The molecule has 0 spiro atoms. The predicted molar refractivity (Wildman–Crippen MR) is 423 cm³/mol. The first-order valence-electron chi connectivity index (χ1n) is 36.8. The molecular weight excluding hydrogens is 1380 g/mol. The van der Waals surface area contributed by atoms with Crippen LogP contribution in [0, 0.1) is 32.1 Å². The van der Waals surface area contributed by atoms with Gasteiger partial charge in [0.05, 0.1) is 51.1 Å². The molecule has 3 aromatic heterocycles. The molecule has 22 nitrogen and oxygen atoms in total. The summed E-state index contributed by atoms with van der Waals surface area (Å²) in [7, 11) is 0. The normalized spacial score (nSPS) is 15.3. The second-order valence-corrected chi connectivity index (χ2v) is 30.1. The van der Waals surface area contributed by atoms with E-state index in [1.165, 1.54) is 0 Å². The number of aliphatic hydroxyl groups is 3. The largest absolute Gasteiger partial charge is 0.519 e. The van der Waals surface area contributed by atoms with E-state index < -0.39 is 35.2 Å². The number of rotatable bonds is 18. The van der Waals surface area contributed by atoms with Crippen LogP contribution in [-0.4, -0.2) is 123 Å². The number of carbonyl (C=O) groups excluding carboxylic acids is 3. The number of aromatic nitrogens is 3. The van der Waals surface area contributed by atoms with Crippen LogP contribution in [0.3, 0.4) is 0 Å². The number of anilines is 3. The summed E-state index contributed by atoms with van der Waals surface area (Å²) in [5, 5.41) is 41.8. The van der Waals surface area contributed by atoms with Gasteiger partial charge in [-0.25, -0.2) is 29.3 Å². The molecule has 3 aliphatic rings. The third-order valence-corrected chi connectivity index (χ3v) is 17.7. The van der Waals surface area contributed by atoms with Crippen molar-refractivity contribution in [1.29, 1.82) is 5.26 Å². The van der Waals surface area contributed by atoms with Crippen molar-refractivity contribution in [3.63, 3.8) is 0 Å². The maximum atomic E-state index is 11.9. The third-order valence-electron chi connectivity index (χ3n) is 17.7. The molecule has 6 N–H and O–H groups in total. The Kier molecular flexibility index (Phi) is 28.7. The number of benzene rings is 6. The zero-order valence-corrected chi connectivity index (χ0v) is 64.6. The second-order valence-electron chi connectivity index (χ2n) is 30.1. The first kappa shape index (κ1) is 82.0. The van der Waals surface area contributed by atoms with Gasteiger partial charge in [-0.15, -0.1) is 0 Å². The lowest BCUT2D eigenvalue weighted by Crippen LogP contribution is -2.32. The number of alkyl carbamates (subject to hydrolysis) is 1. The number of amides is 1. The average molecular weight is 1480 g/mol. The van der Waals surface area contributed by atoms with Crippen molar-refractivity contribution in [3.05, 3.63) is 232 Å². The van der Waals surface area contributed by atoms with Crippen LogP contribution in [0.2, 0.25) is 0 Å². The number of ether oxygens (including phenoxy) is 7. The minimum atomic E-state index is -1.06. The standard InChI is InChI=1S/C29H35N3O4.C24H27N3O2.C24H23N3O2.C10H18O5/c1-20-5-12-27(30-16-20)35-25-13-14-32(18-25)26-11-10-23(15-24(26)19-33)22-8-6-21(7-9-22)17-31-28(34)36-29(2,3)4;2*1-17-2-9-24(26-14-17)29-22-10-11-27(15-22)23-8-7-20(12-21(23)16-28)19-5-3-18(13-25)4-6-19;1-9(2,3)14-7(11)13-8(12)15-10(4,5)6/h5-12,15-16,25,33H,13-14,17-19H2,1-4H3,(H,31,34);2-9,12,14,22,28H,10-11,13,15-16,25H2,1H3;2-9,12,14,22,28H,10-11,15-16H2,1H3;1-6H3/t25-;2*22-;/m000./s1. The number of nitriles is 1. The first-order chi connectivity index (χ1) is 52.0. The Labute approximate surface area is 640 Å². The molecule has 574 valence electrons. The summed E-state index contributed by atoms with van der Waals surface area (Å²) >= 11 is 0. The summed E-state index contributed by atoms with van der Waals surface area (Å²) in [4.78, 5) is 53.7. The molecule has 109 heavy (non-hydrogen) atoms. The van der Waals surface area contributed by atoms with E-state index in [2.05, 4.69) is 100 Å². The van der Waals surface area contributed by atoms with Gasteiger partial charge in [-0.1, -0.05) is 97.1 Å². The van der Waals surface area contributed by atoms with E-state index in [0.29, 0.717) is 36.3 Å². The van der Waals surface area contributed by atoms with Crippen molar-refractivity contribution in [2.24, 2.45) is 5.73 Å². The van der Waals surface area contributed by atoms with Gasteiger partial charge in [0.25, 0.3) is 0 Å².